The molecule has 2 heterocycles. The van der Waals surface area contributed by atoms with Gasteiger partial charge in [-0.15, -0.1) is 0 Å². The molecule has 0 radical (unpaired) electrons. The summed E-state index contributed by atoms with van der Waals surface area (Å²) >= 11 is 5.23. The van der Waals surface area contributed by atoms with Crippen LogP contribution in [0.5, 0.6) is 0 Å². The molecule has 1 aromatic rings. The van der Waals surface area contributed by atoms with Gasteiger partial charge in [-0.1, -0.05) is 0 Å². The van der Waals surface area contributed by atoms with Crippen molar-refractivity contribution in [1.29, 1.82) is 0 Å². The van der Waals surface area contributed by atoms with E-state index in [1.807, 2.05) is 24.9 Å². The summed E-state index contributed by atoms with van der Waals surface area (Å²) < 4.78 is 7.34. The topological polar surface area (TPSA) is 51.1 Å². The second kappa shape index (κ2) is 6.15. The van der Waals surface area contributed by atoms with Gasteiger partial charge in [0.05, 0.1) is 11.8 Å². The minimum absolute atomic E-state index is 0.310. The van der Waals surface area contributed by atoms with Gasteiger partial charge in [-0.2, -0.15) is 5.10 Å². The van der Waals surface area contributed by atoms with Gasteiger partial charge in [0.15, 0.2) is 5.11 Å². The molecular formula is C12H20N4OS. The van der Waals surface area contributed by atoms with Gasteiger partial charge in [-0.3, -0.25) is 4.68 Å². The lowest BCUT2D eigenvalue weighted by Crippen LogP contribution is -2.39. The van der Waals surface area contributed by atoms with Crippen molar-refractivity contribution < 1.29 is 4.74 Å². The van der Waals surface area contributed by atoms with Gasteiger partial charge in [0.2, 0.25) is 0 Å². The van der Waals surface area contributed by atoms with Crippen LogP contribution in [0.25, 0.3) is 0 Å². The normalized spacial score (nSPS) is 18.9. The van der Waals surface area contributed by atoms with E-state index < -0.39 is 0 Å². The number of aromatic nitrogens is 2. The molecule has 1 aromatic heterocycles. The van der Waals surface area contributed by atoms with Crippen LogP contribution in [-0.2, 0) is 18.3 Å². The summed E-state index contributed by atoms with van der Waals surface area (Å²) in [5.74, 6) is 0. The molecule has 100 valence electrons. The highest BCUT2D eigenvalue weighted by atomic mass is 32.1. The van der Waals surface area contributed by atoms with E-state index in [-0.39, 0.29) is 0 Å². The Kier molecular flexibility index (Phi) is 4.54. The van der Waals surface area contributed by atoms with Gasteiger partial charge in [0.25, 0.3) is 0 Å². The first-order chi connectivity index (χ1) is 8.65. The Bertz CT molecular complexity index is 412. The van der Waals surface area contributed by atoms with Crippen LogP contribution in [0.3, 0.4) is 0 Å². The second-order valence-electron chi connectivity index (χ2n) is 4.61. The molecular weight excluding hydrogens is 248 g/mol. The number of hydrogen-bond acceptors (Lipinski definition) is 3. The molecule has 1 aliphatic rings. The second-order valence-corrected chi connectivity index (χ2v) is 5.02. The maximum atomic E-state index is 5.53. The maximum Gasteiger partial charge on any atom is 0.166 e. The van der Waals surface area contributed by atoms with E-state index in [1.165, 1.54) is 5.56 Å². The fourth-order valence-corrected chi connectivity index (χ4v) is 2.23. The summed E-state index contributed by atoms with van der Waals surface area (Å²) in [6.07, 6.45) is 4.59. The fraction of sp³-hybridized carbons (Fsp3) is 0.667. The standard InChI is InChI=1S/C12H20N4OS/c1-9-10(8-16(2)15-9)6-13-12(18)14-7-11-4-3-5-17-11/h8,11H,3-7H2,1-2H3,(H2,13,14,18). The molecule has 1 unspecified atom stereocenters. The van der Waals surface area contributed by atoms with Crippen LogP contribution in [-0.4, -0.2) is 34.1 Å². The van der Waals surface area contributed by atoms with E-state index in [0.29, 0.717) is 17.8 Å². The lowest BCUT2D eigenvalue weighted by atomic mass is 10.2. The predicted molar refractivity (Wildman–Crippen MR) is 74.4 cm³/mol. The van der Waals surface area contributed by atoms with Crippen molar-refractivity contribution in [1.82, 2.24) is 20.4 Å². The largest absolute Gasteiger partial charge is 0.376 e. The minimum atomic E-state index is 0.310. The first-order valence-electron chi connectivity index (χ1n) is 6.27. The van der Waals surface area contributed by atoms with Crippen LogP contribution in [0.15, 0.2) is 6.20 Å². The van der Waals surface area contributed by atoms with Gasteiger partial charge in [-0.05, 0) is 32.0 Å². The minimum Gasteiger partial charge on any atom is -0.376 e. The number of nitrogens with one attached hydrogen (secondary N) is 2. The van der Waals surface area contributed by atoms with Crippen molar-refractivity contribution >= 4 is 17.3 Å². The molecule has 0 aromatic carbocycles. The number of ether oxygens (including phenoxy) is 1. The molecule has 2 rings (SSSR count). The van der Waals surface area contributed by atoms with Crippen LogP contribution in [0.1, 0.15) is 24.1 Å². The van der Waals surface area contributed by atoms with Crippen molar-refractivity contribution in [3.8, 4) is 0 Å². The summed E-state index contributed by atoms with van der Waals surface area (Å²) in [5.41, 5.74) is 2.20. The first-order valence-corrected chi connectivity index (χ1v) is 6.68. The van der Waals surface area contributed by atoms with E-state index in [1.54, 1.807) is 0 Å². The van der Waals surface area contributed by atoms with Crippen LogP contribution in [0.4, 0.5) is 0 Å². The number of hydrogen-bond donors (Lipinski definition) is 2. The van der Waals surface area contributed by atoms with Gasteiger partial charge < -0.3 is 15.4 Å². The monoisotopic (exact) mass is 268 g/mol. The first kappa shape index (κ1) is 13.3. The molecule has 1 aliphatic heterocycles. The zero-order valence-corrected chi connectivity index (χ0v) is 11.7. The Morgan fingerprint density at radius 1 is 1.61 bits per heavy atom. The fourth-order valence-electron chi connectivity index (χ4n) is 2.07. The molecule has 0 saturated carbocycles. The summed E-state index contributed by atoms with van der Waals surface area (Å²) in [6.45, 7) is 4.37. The number of thiocarbonyl (C=S) groups is 1. The zero-order valence-electron chi connectivity index (χ0n) is 10.9. The van der Waals surface area contributed by atoms with Crippen LogP contribution < -0.4 is 10.6 Å². The predicted octanol–water partition coefficient (Wildman–Crippen LogP) is 0.872. The molecule has 0 bridgehead atoms. The van der Waals surface area contributed by atoms with E-state index in [4.69, 9.17) is 17.0 Å². The molecule has 0 spiro atoms. The van der Waals surface area contributed by atoms with Crippen molar-refractivity contribution in [3.05, 3.63) is 17.5 Å². The van der Waals surface area contributed by atoms with Gasteiger partial charge >= 0.3 is 0 Å². The maximum absolute atomic E-state index is 5.53. The number of aryl methyl sites for hydroxylation is 2. The van der Waals surface area contributed by atoms with Gasteiger partial charge in [-0.25, -0.2) is 0 Å². The Hall–Kier alpha value is -1.14. The lowest BCUT2D eigenvalue weighted by molar-refractivity contribution is 0.114. The molecule has 1 saturated heterocycles. The molecule has 1 fully saturated rings. The van der Waals surface area contributed by atoms with Crippen molar-refractivity contribution in [3.63, 3.8) is 0 Å². The molecule has 2 N–H and O–H groups in total. The average molecular weight is 268 g/mol. The third kappa shape index (κ3) is 3.68. The van der Waals surface area contributed by atoms with E-state index in [0.717, 1.165) is 31.7 Å². The van der Waals surface area contributed by atoms with Crippen molar-refractivity contribution in [2.75, 3.05) is 13.2 Å². The molecule has 1 atom stereocenters. The number of nitrogens with zero attached hydrogens (tertiary/aromatic N) is 2. The lowest BCUT2D eigenvalue weighted by Gasteiger charge is -2.13. The third-order valence-corrected chi connectivity index (χ3v) is 3.36. The highest BCUT2D eigenvalue weighted by molar-refractivity contribution is 7.80. The molecule has 18 heavy (non-hydrogen) atoms. The number of rotatable bonds is 4. The molecule has 0 aliphatic carbocycles. The Labute approximate surface area is 113 Å². The van der Waals surface area contributed by atoms with E-state index >= 15 is 0 Å². The highest BCUT2D eigenvalue weighted by Crippen LogP contribution is 2.10. The molecule has 0 amide bonds. The summed E-state index contributed by atoms with van der Waals surface area (Å²) in [7, 11) is 1.92. The summed E-state index contributed by atoms with van der Waals surface area (Å²) in [6, 6.07) is 0. The van der Waals surface area contributed by atoms with Crippen LogP contribution >= 0.6 is 12.2 Å². The Balaban J connectivity index is 1.69. The van der Waals surface area contributed by atoms with Crippen LogP contribution in [0, 0.1) is 6.92 Å². The van der Waals surface area contributed by atoms with Crippen molar-refractivity contribution in [2.24, 2.45) is 7.05 Å². The van der Waals surface area contributed by atoms with Crippen molar-refractivity contribution in [2.45, 2.75) is 32.4 Å². The third-order valence-electron chi connectivity index (χ3n) is 3.07. The van der Waals surface area contributed by atoms with E-state index in [2.05, 4.69) is 15.7 Å². The van der Waals surface area contributed by atoms with Gasteiger partial charge in [0.1, 0.15) is 0 Å². The zero-order chi connectivity index (χ0) is 13.0. The summed E-state index contributed by atoms with van der Waals surface area (Å²) in [5, 5.41) is 11.3. The van der Waals surface area contributed by atoms with Crippen LogP contribution in [0.2, 0.25) is 0 Å². The quantitative estimate of drug-likeness (QED) is 0.794. The van der Waals surface area contributed by atoms with E-state index in [9.17, 15) is 0 Å². The Morgan fingerprint density at radius 3 is 3.06 bits per heavy atom. The SMILES string of the molecule is Cc1nn(C)cc1CNC(=S)NCC1CCCO1. The molecule has 5 nitrogen and oxygen atoms in total. The average Bonchev–Trinajstić information content (AvgIpc) is 2.94. The smallest absolute Gasteiger partial charge is 0.166 e. The molecule has 6 heteroatoms. The highest BCUT2D eigenvalue weighted by Gasteiger charge is 2.15. The summed E-state index contributed by atoms with van der Waals surface area (Å²) in [4.78, 5) is 0. The van der Waals surface area contributed by atoms with Gasteiger partial charge in [0, 0.05) is 38.5 Å². The Morgan fingerprint density at radius 2 is 2.44 bits per heavy atom.